The van der Waals surface area contributed by atoms with E-state index >= 15 is 0 Å². The molecule has 0 spiro atoms. The Kier molecular flexibility index (Phi) is 3.76. The molecule has 0 atom stereocenters. The third kappa shape index (κ3) is 2.18. The highest BCUT2D eigenvalue weighted by Gasteiger charge is 2.41. The maximum absolute atomic E-state index is 13.6. The van der Waals surface area contributed by atoms with Gasteiger partial charge in [-0.05, 0) is 52.9 Å². The first-order valence-electron chi connectivity index (χ1n) is 6.17. The molecule has 1 saturated carbocycles. The molecule has 0 bridgehead atoms. The zero-order valence-corrected chi connectivity index (χ0v) is 11.9. The van der Waals surface area contributed by atoms with Crippen LogP contribution >= 0.6 is 15.9 Å². The van der Waals surface area contributed by atoms with Gasteiger partial charge in [0.2, 0.25) is 0 Å². The normalized spacial score (nSPS) is 18.6. The van der Waals surface area contributed by atoms with Crippen molar-refractivity contribution in [2.75, 3.05) is 0 Å². The van der Waals surface area contributed by atoms with Crippen molar-refractivity contribution in [2.45, 2.75) is 44.4 Å². The number of rotatable bonds is 2. The Labute approximate surface area is 114 Å². The van der Waals surface area contributed by atoms with E-state index in [1.807, 2.05) is 0 Å². The summed E-state index contributed by atoms with van der Waals surface area (Å²) in [6, 6.07) is 3.31. The first kappa shape index (κ1) is 13.5. The second kappa shape index (κ2) is 5.00. The van der Waals surface area contributed by atoms with E-state index in [-0.39, 0.29) is 5.82 Å². The Morgan fingerprint density at radius 3 is 2.44 bits per heavy atom. The van der Waals surface area contributed by atoms with Gasteiger partial charge in [0.25, 0.3) is 0 Å². The molecule has 0 saturated heterocycles. The number of hydrogen-bond acceptors (Lipinski definition) is 1. The summed E-state index contributed by atoms with van der Waals surface area (Å²) in [6.07, 6.45) is 4.19. The van der Waals surface area contributed by atoms with Crippen LogP contribution in [0.3, 0.4) is 0 Å². The van der Waals surface area contributed by atoms with Crippen LogP contribution in [0, 0.1) is 12.7 Å². The average Bonchev–Trinajstić information content (AvgIpc) is 2.36. The van der Waals surface area contributed by atoms with Crippen molar-refractivity contribution < 1.29 is 14.3 Å². The molecule has 18 heavy (non-hydrogen) atoms. The molecule has 0 amide bonds. The molecule has 1 N–H and O–H groups in total. The standard InChI is InChI=1S/C14H16BrFO2/c1-9-7-10(8-11(15)12(9)16)14(13(17)18)5-3-2-4-6-14/h7-8H,2-6H2,1H3,(H,17,18). The van der Waals surface area contributed by atoms with Gasteiger partial charge in [-0.1, -0.05) is 25.3 Å². The first-order valence-corrected chi connectivity index (χ1v) is 6.96. The number of hydrogen-bond donors (Lipinski definition) is 1. The Bertz CT molecular complexity index is 456. The van der Waals surface area contributed by atoms with Crippen LogP contribution in [0.15, 0.2) is 16.6 Å². The largest absolute Gasteiger partial charge is 0.481 e. The smallest absolute Gasteiger partial charge is 0.314 e. The lowest BCUT2D eigenvalue weighted by atomic mass is 9.69. The molecule has 0 aromatic heterocycles. The van der Waals surface area contributed by atoms with Crippen LogP contribution in [-0.4, -0.2) is 11.1 Å². The van der Waals surface area contributed by atoms with E-state index in [0.717, 1.165) is 24.8 Å². The lowest BCUT2D eigenvalue weighted by Gasteiger charge is -2.34. The van der Waals surface area contributed by atoms with Gasteiger partial charge in [0.1, 0.15) is 5.82 Å². The van der Waals surface area contributed by atoms with Crippen LogP contribution in [0.4, 0.5) is 4.39 Å². The lowest BCUT2D eigenvalue weighted by Crippen LogP contribution is -2.38. The molecule has 2 nitrogen and oxygen atoms in total. The Balaban J connectivity index is 2.52. The molecule has 1 aromatic carbocycles. The highest BCUT2D eigenvalue weighted by molar-refractivity contribution is 9.10. The molecule has 2 rings (SSSR count). The zero-order valence-electron chi connectivity index (χ0n) is 10.3. The highest BCUT2D eigenvalue weighted by atomic mass is 79.9. The van der Waals surface area contributed by atoms with E-state index in [0.29, 0.717) is 22.9 Å². The van der Waals surface area contributed by atoms with E-state index in [1.165, 1.54) is 0 Å². The Hall–Kier alpha value is -0.900. The Morgan fingerprint density at radius 2 is 1.94 bits per heavy atom. The summed E-state index contributed by atoms with van der Waals surface area (Å²) < 4.78 is 14.0. The lowest BCUT2D eigenvalue weighted by molar-refractivity contribution is -0.145. The van der Waals surface area contributed by atoms with Crippen molar-refractivity contribution in [1.29, 1.82) is 0 Å². The van der Waals surface area contributed by atoms with Gasteiger partial charge in [0.05, 0.1) is 9.89 Å². The molecular weight excluding hydrogens is 299 g/mol. The number of halogens is 2. The number of carboxylic acid groups (broad SMARTS) is 1. The molecule has 1 fully saturated rings. The van der Waals surface area contributed by atoms with Gasteiger partial charge in [-0.25, -0.2) is 4.39 Å². The van der Waals surface area contributed by atoms with Crippen molar-refractivity contribution in [3.05, 3.63) is 33.5 Å². The molecule has 0 aliphatic heterocycles. The van der Waals surface area contributed by atoms with Gasteiger partial charge in [-0.15, -0.1) is 0 Å². The van der Waals surface area contributed by atoms with Crippen LogP contribution < -0.4 is 0 Å². The minimum absolute atomic E-state index is 0.310. The summed E-state index contributed by atoms with van der Waals surface area (Å²) in [5.41, 5.74) is 0.380. The first-order chi connectivity index (χ1) is 8.47. The zero-order chi connectivity index (χ0) is 13.3. The van der Waals surface area contributed by atoms with Crippen molar-refractivity contribution in [2.24, 2.45) is 0 Å². The monoisotopic (exact) mass is 314 g/mol. The summed E-state index contributed by atoms with van der Waals surface area (Å²) in [5.74, 6) is -1.10. The SMILES string of the molecule is Cc1cc(C2(C(=O)O)CCCCC2)cc(Br)c1F. The summed E-state index contributed by atoms with van der Waals surface area (Å²) in [7, 11) is 0. The van der Waals surface area contributed by atoms with Gasteiger partial charge in [-0.2, -0.15) is 0 Å². The molecule has 4 heteroatoms. The van der Waals surface area contributed by atoms with Crippen LogP contribution in [0.2, 0.25) is 0 Å². The minimum Gasteiger partial charge on any atom is -0.481 e. The number of carbonyl (C=O) groups is 1. The van der Waals surface area contributed by atoms with Gasteiger partial charge in [-0.3, -0.25) is 4.79 Å². The molecule has 0 radical (unpaired) electrons. The molecule has 1 aliphatic carbocycles. The van der Waals surface area contributed by atoms with E-state index in [2.05, 4.69) is 15.9 Å². The fourth-order valence-electron chi connectivity index (χ4n) is 2.78. The second-order valence-electron chi connectivity index (χ2n) is 5.04. The number of aryl methyl sites for hydroxylation is 1. The topological polar surface area (TPSA) is 37.3 Å². The van der Waals surface area contributed by atoms with Gasteiger partial charge in [0.15, 0.2) is 0 Å². The predicted octanol–water partition coefficient (Wildman–Crippen LogP) is 4.18. The van der Waals surface area contributed by atoms with Crippen molar-refractivity contribution in [3.8, 4) is 0 Å². The number of aliphatic carboxylic acids is 1. The average molecular weight is 315 g/mol. The second-order valence-corrected chi connectivity index (χ2v) is 5.89. The quantitative estimate of drug-likeness (QED) is 0.889. The summed E-state index contributed by atoms with van der Waals surface area (Å²) in [5, 5.41) is 9.58. The summed E-state index contributed by atoms with van der Waals surface area (Å²) in [4.78, 5) is 11.7. The third-order valence-electron chi connectivity index (χ3n) is 3.88. The molecule has 1 aliphatic rings. The molecule has 98 valence electrons. The maximum atomic E-state index is 13.6. The van der Waals surface area contributed by atoms with Crippen molar-refractivity contribution in [1.82, 2.24) is 0 Å². The van der Waals surface area contributed by atoms with E-state index in [4.69, 9.17) is 0 Å². The highest BCUT2D eigenvalue weighted by Crippen LogP contribution is 2.41. The Morgan fingerprint density at radius 1 is 1.33 bits per heavy atom. The van der Waals surface area contributed by atoms with E-state index in [9.17, 15) is 14.3 Å². The number of benzene rings is 1. The molecule has 1 aromatic rings. The van der Waals surface area contributed by atoms with Crippen LogP contribution in [-0.2, 0) is 10.2 Å². The fraction of sp³-hybridized carbons (Fsp3) is 0.500. The van der Waals surface area contributed by atoms with Crippen molar-refractivity contribution >= 4 is 21.9 Å². The van der Waals surface area contributed by atoms with E-state index < -0.39 is 11.4 Å². The predicted molar refractivity (Wildman–Crippen MR) is 71.2 cm³/mol. The number of carboxylic acids is 1. The van der Waals surface area contributed by atoms with E-state index in [1.54, 1.807) is 19.1 Å². The minimum atomic E-state index is -0.834. The van der Waals surface area contributed by atoms with Crippen molar-refractivity contribution in [3.63, 3.8) is 0 Å². The molecular formula is C14H16BrFO2. The third-order valence-corrected chi connectivity index (χ3v) is 4.46. The molecule has 0 unspecified atom stereocenters. The van der Waals surface area contributed by atoms with Crippen LogP contribution in [0.5, 0.6) is 0 Å². The molecule has 0 heterocycles. The van der Waals surface area contributed by atoms with Crippen LogP contribution in [0.1, 0.15) is 43.2 Å². The van der Waals surface area contributed by atoms with Gasteiger partial charge in [0, 0.05) is 0 Å². The maximum Gasteiger partial charge on any atom is 0.314 e. The fourth-order valence-corrected chi connectivity index (χ4v) is 3.34. The summed E-state index contributed by atoms with van der Waals surface area (Å²) in [6.45, 7) is 1.67. The van der Waals surface area contributed by atoms with Gasteiger partial charge >= 0.3 is 5.97 Å². The van der Waals surface area contributed by atoms with Gasteiger partial charge < -0.3 is 5.11 Å². The van der Waals surface area contributed by atoms with Crippen LogP contribution in [0.25, 0.3) is 0 Å². The summed E-state index contributed by atoms with van der Waals surface area (Å²) >= 11 is 3.17.